The molecule has 1 aliphatic carbocycles. The van der Waals surface area contributed by atoms with E-state index in [4.69, 9.17) is 9.47 Å². The summed E-state index contributed by atoms with van der Waals surface area (Å²) in [6.45, 7) is 2.66. The van der Waals surface area contributed by atoms with Gasteiger partial charge in [0.2, 0.25) is 0 Å². The van der Waals surface area contributed by atoms with Crippen molar-refractivity contribution in [3.63, 3.8) is 0 Å². The van der Waals surface area contributed by atoms with Crippen LogP contribution >= 0.6 is 0 Å². The molecule has 0 N–H and O–H groups in total. The summed E-state index contributed by atoms with van der Waals surface area (Å²) >= 11 is 0. The Kier molecular flexibility index (Phi) is 3.55. The number of hydrogen-bond acceptors (Lipinski definition) is 3. The van der Waals surface area contributed by atoms with Gasteiger partial charge in [0.1, 0.15) is 5.60 Å². The molecule has 2 fully saturated rings. The van der Waals surface area contributed by atoms with E-state index in [0.29, 0.717) is 6.61 Å². The number of benzene rings is 1. The molecule has 0 amide bonds. The fourth-order valence-corrected chi connectivity index (χ4v) is 3.45. The predicted octanol–water partition coefficient (Wildman–Crippen LogP) is 3.57. The first-order valence-corrected chi connectivity index (χ1v) is 7.68. The molecule has 0 spiro atoms. The van der Waals surface area contributed by atoms with Crippen LogP contribution in [0.1, 0.15) is 51.0 Å². The Balaban J connectivity index is 1.69. The normalized spacial score (nSPS) is 30.9. The third-order valence-corrected chi connectivity index (χ3v) is 4.57. The van der Waals surface area contributed by atoms with Gasteiger partial charge in [-0.25, -0.2) is 4.79 Å². The Morgan fingerprint density at radius 1 is 1.25 bits per heavy atom. The van der Waals surface area contributed by atoms with Gasteiger partial charge in [-0.15, -0.1) is 0 Å². The van der Waals surface area contributed by atoms with Crippen LogP contribution in [0.4, 0.5) is 0 Å². The van der Waals surface area contributed by atoms with Crippen molar-refractivity contribution in [2.45, 2.75) is 56.7 Å². The van der Waals surface area contributed by atoms with Gasteiger partial charge in [-0.1, -0.05) is 50.1 Å². The van der Waals surface area contributed by atoms with Crippen LogP contribution in [0.2, 0.25) is 0 Å². The molecule has 2 aliphatic rings. The molecule has 1 aliphatic heterocycles. The van der Waals surface area contributed by atoms with Crippen LogP contribution in [0, 0.1) is 0 Å². The molecular weight excluding hydrogens is 252 g/mol. The lowest BCUT2D eigenvalue weighted by Crippen LogP contribution is -2.30. The second kappa shape index (κ2) is 5.21. The van der Waals surface area contributed by atoms with Gasteiger partial charge >= 0.3 is 5.97 Å². The first-order chi connectivity index (χ1) is 9.75. The lowest BCUT2D eigenvalue weighted by molar-refractivity contribution is -0.150. The molecule has 2 atom stereocenters. The molecule has 3 heteroatoms. The van der Waals surface area contributed by atoms with Crippen molar-refractivity contribution >= 4 is 5.97 Å². The smallest absolute Gasteiger partial charge is 0.341 e. The summed E-state index contributed by atoms with van der Waals surface area (Å²) in [7, 11) is 0. The van der Waals surface area contributed by atoms with Crippen molar-refractivity contribution in [3.05, 3.63) is 35.9 Å². The number of esters is 1. The number of carbonyl (C=O) groups excluding carboxylic acids is 1. The van der Waals surface area contributed by atoms with Crippen molar-refractivity contribution in [2.75, 3.05) is 6.61 Å². The summed E-state index contributed by atoms with van der Waals surface area (Å²) in [6.07, 6.45) is 5.91. The third kappa shape index (κ3) is 1.96. The zero-order chi connectivity index (χ0) is 14.1. The van der Waals surface area contributed by atoms with E-state index in [9.17, 15) is 4.79 Å². The highest BCUT2D eigenvalue weighted by Crippen LogP contribution is 2.66. The number of hydrogen-bond donors (Lipinski definition) is 0. The number of ether oxygens (including phenoxy) is 2. The summed E-state index contributed by atoms with van der Waals surface area (Å²) in [4.78, 5) is 12.4. The van der Waals surface area contributed by atoms with Crippen molar-refractivity contribution < 1.29 is 14.3 Å². The van der Waals surface area contributed by atoms with Gasteiger partial charge in [0.05, 0.1) is 6.61 Å². The Morgan fingerprint density at radius 2 is 2.05 bits per heavy atom. The molecule has 0 bridgehead atoms. The quantitative estimate of drug-likeness (QED) is 0.452. The van der Waals surface area contributed by atoms with Gasteiger partial charge in [-0.2, -0.15) is 0 Å². The maximum atomic E-state index is 12.4. The van der Waals surface area contributed by atoms with E-state index in [1.165, 1.54) is 0 Å². The monoisotopic (exact) mass is 274 g/mol. The van der Waals surface area contributed by atoms with Crippen LogP contribution in [-0.2, 0) is 19.9 Å². The minimum absolute atomic E-state index is 0.157. The topological polar surface area (TPSA) is 38.8 Å². The maximum Gasteiger partial charge on any atom is 0.341 e. The number of rotatable bonds is 6. The molecule has 1 saturated carbocycles. The lowest BCUT2D eigenvalue weighted by Gasteiger charge is -2.12. The summed E-state index contributed by atoms with van der Waals surface area (Å²) in [5.41, 5.74) is 0.0134. The highest BCUT2D eigenvalue weighted by Gasteiger charge is 2.78. The zero-order valence-electron chi connectivity index (χ0n) is 12.1. The van der Waals surface area contributed by atoms with Crippen LogP contribution < -0.4 is 0 Å². The minimum atomic E-state index is -0.694. The van der Waals surface area contributed by atoms with Gasteiger partial charge in [-0.3, -0.25) is 0 Å². The molecule has 1 aromatic rings. The molecule has 0 aromatic heterocycles. The van der Waals surface area contributed by atoms with Gasteiger partial charge in [0.15, 0.2) is 5.60 Å². The van der Waals surface area contributed by atoms with Crippen molar-refractivity contribution in [2.24, 2.45) is 0 Å². The van der Waals surface area contributed by atoms with Crippen LogP contribution in [-0.4, -0.2) is 18.2 Å². The van der Waals surface area contributed by atoms with Gasteiger partial charge in [0, 0.05) is 0 Å². The standard InChI is InChI=1S/C17H22O3/c1-2-3-7-13-19-15(18)17-12-8-11-16(17,20-17)14-9-5-4-6-10-14/h4-6,9-10H,2-3,7-8,11-13H2,1H3. The van der Waals surface area contributed by atoms with Crippen molar-refractivity contribution in [3.8, 4) is 0 Å². The highest BCUT2D eigenvalue weighted by molar-refractivity contribution is 5.86. The Hall–Kier alpha value is -1.35. The average Bonchev–Trinajstić information content (AvgIpc) is 3.02. The van der Waals surface area contributed by atoms with Crippen LogP contribution in [0.3, 0.4) is 0 Å². The number of epoxide rings is 1. The van der Waals surface area contributed by atoms with E-state index in [-0.39, 0.29) is 5.97 Å². The second-order valence-corrected chi connectivity index (χ2v) is 5.82. The molecular formula is C17H22O3. The fourth-order valence-electron chi connectivity index (χ4n) is 3.45. The Morgan fingerprint density at radius 3 is 2.80 bits per heavy atom. The van der Waals surface area contributed by atoms with Gasteiger partial charge in [-0.05, 0) is 31.2 Å². The van der Waals surface area contributed by atoms with Crippen molar-refractivity contribution in [1.29, 1.82) is 0 Å². The van der Waals surface area contributed by atoms with Crippen molar-refractivity contribution in [1.82, 2.24) is 0 Å². The molecule has 1 aromatic carbocycles. The second-order valence-electron chi connectivity index (χ2n) is 5.82. The lowest BCUT2D eigenvalue weighted by atomic mass is 9.89. The Bertz CT molecular complexity index is 484. The largest absolute Gasteiger partial charge is 0.463 e. The van der Waals surface area contributed by atoms with E-state index in [0.717, 1.165) is 44.1 Å². The highest BCUT2D eigenvalue weighted by atomic mass is 16.7. The summed E-state index contributed by atoms with van der Waals surface area (Å²) in [5.74, 6) is -0.157. The fraction of sp³-hybridized carbons (Fsp3) is 0.588. The van der Waals surface area contributed by atoms with E-state index in [2.05, 4.69) is 19.1 Å². The zero-order valence-corrected chi connectivity index (χ0v) is 12.1. The molecule has 1 heterocycles. The summed E-state index contributed by atoms with van der Waals surface area (Å²) in [6, 6.07) is 10.1. The molecule has 108 valence electrons. The minimum Gasteiger partial charge on any atom is -0.463 e. The number of unbranched alkanes of at least 4 members (excludes halogenated alkanes) is 2. The molecule has 20 heavy (non-hydrogen) atoms. The van der Waals surface area contributed by atoms with Gasteiger partial charge < -0.3 is 9.47 Å². The third-order valence-electron chi connectivity index (χ3n) is 4.57. The SMILES string of the molecule is CCCCCOC(=O)C12CCCC1(c1ccccc1)O2. The van der Waals surface area contributed by atoms with Crippen LogP contribution in [0.15, 0.2) is 30.3 Å². The van der Waals surface area contributed by atoms with E-state index in [1.807, 2.05) is 18.2 Å². The first-order valence-electron chi connectivity index (χ1n) is 7.68. The number of fused-ring (bicyclic) bond motifs is 1. The maximum absolute atomic E-state index is 12.4. The van der Waals surface area contributed by atoms with E-state index < -0.39 is 11.2 Å². The van der Waals surface area contributed by atoms with E-state index >= 15 is 0 Å². The molecule has 2 unspecified atom stereocenters. The number of carbonyl (C=O) groups is 1. The predicted molar refractivity (Wildman–Crippen MR) is 76.3 cm³/mol. The van der Waals surface area contributed by atoms with Gasteiger partial charge in [0.25, 0.3) is 0 Å². The average molecular weight is 274 g/mol. The Labute approximate surface area is 120 Å². The molecule has 3 rings (SSSR count). The molecule has 3 nitrogen and oxygen atoms in total. The summed E-state index contributed by atoms with van der Waals surface area (Å²) < 4.78 is 11.4. The van der Waals surface area contributed by atoms with E-state index in [1.54, 1.807) is 0 Å². The summed E-state index contributed by atoms with van der Waals surface area (Å²) in [5, 5.41) is 0. The van der Waals surface area contributed by atoms with Crippen LogP contribution in [0.5, 0.6) is 0 Å². The molecule has 0 radical (unpaired) electrons. The first kappa shape index (κ1) is 13.6. The molecule has 1 saturated heterocycles. The van der Waals surface area contributed by atoms with Crippen LogP contribution in [0.25, 0.3) is 0 Å².